The molecule has 1 aliphatic rings. The van der Waals surface area contributed by atoms with Crippen LogP contribution in [0.1, 0.15) is 12.0 Å². The zero-order valence-corrected chi connectivity index (χ0v) is 9.39. The van der Waals surface area contributed by atoms with Gasteiger partial charge >= 0.3 is 0 Å². The summed E-state index contributed by atoms with van der Waals surface area (Å²) < 4.78 is 16.0. The van der Waals surface area contributed by atoms with Crippen molar-refractivity contribution in [3.05, 3.63) is 42.2 Å². The molecule has 1 atom stereocenters. The highest BCUT2D eigenvalue weighted by molar-refractivity contribution is 5.26. The Hall–Kier alpha value is -1.48. The highest BCUT2D eigenvalue weighted by atomic mass is 16.5. The SMILES string of the molecule is COc1ccc(COC[C@H]2CC=CO2)cc1. The molecule has 0 spiro atoms. The van der Waals surface area contributed by atoms with E-state index >= 15 is 0 Å². The van der Waals surface area contributed by atoms with E-state index in [2.05, 4.69) is 0 Å². The van der Waals surface area contributed by atoms with Crippen molar-refractivity contribution in [3.8, 4) is 5.75 Å². The quantitative estimate of drug-likeness (QED) is 0.763. The van der Waals surface area contributed by atoms with E-state index in [1.165, 1.54) is 0 Å². The van der Waals surface area contributed by atoms with E-state index in [-0.39, 0.29) is 6.10 Å². The van der Waals surface area contributed by atoms with E-state index in [1.807, 2.05) is 30.3 Å². The molecule has 1 heterocycles. The first kappa shape index (κ1) is 11.0. The second kappa shape index (κ2) is 5.56. The predicted octanol–water partition coefficient (Wildman–Crippen LogP) is 2.51. The van der Waals surface area contributed by atoms with Gasteiger partial charge < -0.3 is 14.2 Å². The Morgan fingerprint density at radius 1 is 1.31 bits per heavy atom. The monoisotopic (exact) mass is 220 g/mol. The van der Waals surface area contributed by atoms with Crippen LogP contribution in [0.4, 0.5) is 0 Å². The lowest BCUT2D eigenvalue weighted by atomic mass is 10.2. The van der Waals surface area contributed by atoms with E-state index < -0.39 is 0 Å². The summed E-state index contributed by atoms with van der Waals surface area (Å²) in [6, 6.07) is 7.89. The van der Waals surface area contributed by atoms with Gasteiger partial charge in [-0.15, -0.1) is 0 Å². The summed E-state index contributed by atoms with van der Waals surface area (Å²) in [6.07, 6.45) is 4.89. The molecular weight excluding hydrogens is 204 g/mol. The number of methoxy groups -OCH3 is 1. The van der Waals surface area contributed by atoms with Gasteiger partial charge in [0, 0.05) is 6.42 Å². The Kier molecular flexibility index (Phi) is 3.83. The van der Waals surface area contributed by atoms with E-state index in [0.717, 1.165) is 17.7 Å². The highest BCUT2D eigenvalue weighted by Gasteiger charge is 2.10. The van der Waals surface area contributed by atoms with Crippen LogP contribution in [0, 0.1) is 0 Å². The molecule has 0 N–H and O–H groups in total. The topological polar surface area (TPSA) is 27.7 Å². The van der Waals surface area contributed by atoms with Crippen LogP contribution in [0.5, 0.6) is 5.75 Å². The minimum atomic E-state index is 0.193. The average molecular weight is 220 g/mol. The molecule has 0 radical (unpaired) electrons. The Morgan fingerprint density at radius 3 is 2.75 bits per heavy atom. The first-order valence-corrected chi connectivity index (χ1v) is 5.39. The summed E-state index contributed by atoms with van der Waals surface area (Å²) in [5.74, 6) is 0.868. The summed E-state index contributed by atoms with van der Waals surface area (Å²) in [7, 11) is 1.66. The average Bonchev–Trinajstić information content (AvgIpc) is 2.83. The van der Waals surface area contributed by atoms with Gasteiger partial charge in [0.05, 0.1) is 26.6 Å². The highest BCUT2D eigenvalue weighted by Crippen LogP contribution is 2.13. The maximum absolute atomic E-state index is 5.57. The fourth-order valence-electron chi connectivity index (χ4n) is 1.57. The summed E-state index contributed by atoms with van der Waals surface area (Å²) in [6.45, 7) is 1.25. The van der Waals surface area contributed by atoms with Crippen molar-refractivity contribution < 1.29 is 14.2 Å². The summed E-state index contributed by atoms with van der Waals surface area (Å²) in [4.78, 5) is 0. The van der Waals surface area contributed by atoms with Crippen LogP contribution in [0.2, 0.25) is 0 Å². The van der Waals surface area contributed by atoms with Gasteiger partial charge in [-0.05, 0) is 23.8 Å². The minimum absolute atomic E-state index is 0.193. The molecule has 1 aromatic rings. The first-order chi connectivity index (χ1) is 7.88. The molecule has 86 valence electrons. The van der Waals surface area contributed by atoms with Gasteiger partial charge in [-0.25, -0.2) is 0 Å². The Balaban J connectivity index is 1.72. The van der Waals surface area contributed by atoms with Gasteiger partial charge in [-0.2, -0.15) is 0 Å². The summed E-state index contributed by atoms with van der Waals surface area (Å²) in [5.41, 5.74) is 1.15. The van der Waals surface area contributed by atoms with Crippen LogP contribution in [-0.2, 0) is 16.1 Å². The minimum Gasteiger partial charge on any atom is -0.497 e. The van der Waals surface area contributed by atoms with Crippen molar-refractivity contribution in [3.63, 3.8) is 0 Å². The zero-order valence-electron chi connectivity index (χ0n) is 9.39. The summed E-state index contributed by atoms with van der Waals surface area (Å²) >= 11 is 0. The van der Waals surface area contributed by atoms with E-state index in [0.29, 0.717) is 13.2 Å². The van der Waals surface area contributed by atoms with Crippen molar-refractivity contribution in [1.29, 1.82) is 0 Å². The Morgan fingerprint density at radius 2 is 2.12 bits per heavy atom. The normalized spacial score (nSPS) is 18.4. The van der Waals surface area contributed by atoms with Gasteiger partial charge in [-0.1, -0.05) is 12.1 Å². The molecule has 1 aromatic carbocycles. The van der Waals surface area contributed by atoms with Crippen LogP contribution in [0.25, 0.3) is 0 Å². The molecule has 1 aliphatic heterocycles. The fourth-order valence-corrected chi connectivity index (χ4v) is 1.57. The molecule has 0 amide bonds. The summed E-state index contributed by atoms with van der Waals surface area (Å²) in [5, 5.41) is 0. The third kappa shape index (κ3) is 3.00. The first-order valence-electron chi connectivity index (χ1n) is 5.39. The number of rotatable bonds is 5. The molecule has 0 saturated heterocycles. The maximum atomic E-state index is 5.57. The second-order valence-electron chi connectivity index (χ2n) is 3.73. The third-order valence-electron chi connectivity index (χ3n) is 2.50. The Labute approximate surface area is 95.6 Å². The van der Waals surface area contributed by atoms with Gasteiger partial charge in [0.15, 0.2) is 0 Å². The zero-order chi connectivity index (χ0) is 11.2. The maximum Gasteiger partial charge on any atom is 0.125 e. The van der Waals surface area contributed by atoms with Crippen LogP contribution >= 0.6 is 0 Å². The van der Waals surface area contributed by atoms with Crippen LogP contribution in [0.15, 0.2) is 36.6 Å². The van der Waals surface area contributed by atoms with E-state index in [4.69, 9.17) is 14.2 Å². The molecule has 0 aliphatic carbocycles. The molecule has 16 heavy (non-hydrogen) atoms. The van der Waals surface area contributed by atoms with Crippen LogP contribution in [-0.4, -0.2) is 19.8 Å². The number of ether oxygens (including phenoxy) is 3. The number of hydrogen-bond acceptors (Lipinski definition) is 3. The molecule has 0 fully saturated rings. The second-order valence-corrected chi connectivity index (χ2v) is 3.73. The lowest BCUT2D eigenvalue weighted by Crippen LogP contribution is -2.13. The number of benzene rings is 1. The van der Waals surface area contributed by atoms with Gasteiger partial charge in [0.25, 0.3) is 0 Å². The van der Waals surface area contributed by atoms with Crippen molar-refractivity contribution >= 4 is 0 Å². The molecule has 0 aromatic heterocycles. The molecule has 3 nitrogen and oxygen atoms in total. The third-order valence-corrected chi connectivity index (χ3v) is 2.50. The van der Waals surface area contributed by atoms with E-state index in [9.17, 15) is 0 Å². The fraction of sp³-hybridized carbons (Fsp3) is 0.385. The van der Waals surface area contributed by atoms with Gasteiger partial charge in [0.1, 0.15) is 11.9 Å². The lowest BCUT2D eigenvalue weighted by molar-refractivity contribution is 0.0310. The van der Waals surface area contributed by atoms with Crippen molar-refractivity contribution in [2.24, 2.45) is 0 Å². The van der Waals surface area contributed by atoms with Gasteiger partial charge in [0.2, 0.25) is 0 Å². The Bertz CT molecular complexity index is 335. The largest absolute Gasteiger partial charge is 0.497 e. The number of hydrogen-bond donors (Lipinski definition) is 0. The van der Waals surface area contributed by atoms with E-state index in [1.54, 1.807) is 13.4 Å². The van der Waals surface area contributed by atoms with Crippen molar-refractivity contribution in [2.75, 3.05) is 13.7 Å². The lowest BCUT2D eigenvalue weighted by Gasteiger charge is -2.10. The molecule has 0 unspecified atom stereocenters. The van der Waals surface area contributed by atoms with Crippen LogP contribution < -0.4 is 4.74 Å². The predicted molar refractivity (Wildman–Crippen MR) is 61.3 cm³/mol. The van der Waals surface area contributed by atoms with Crippen molar-refractivity contribution in [1.82, 2.24) is 0 Å². The standard InChI is InChI=1S/C13H16O3/c1-14-12-6-4-11(5-7-12)9-15-10-13-3-2-8-16-13/h2,4-8,13H,3,9-10H2,1H3/t13-/m1/s1. The van der Waals surface area contributed by atoms with Crippen LogP contribution in [0.3, 0.4) is 0 Å². The molecular formula is C13H16O3. The molecule has 3 heteroatoms. The molecule has 0 bridgehead atoms. The smallest absolute Gasteiger partial charge is 0.125 e. The van der Waals surface area contributed by atoms with Gasteiger partial charge in [-0.3, -0.25) is 0 Å². The van der Waals surface area contributed by atoms with Crippen molar-refractivity contribution in [2.45, 2.75) is 19.1 Å². The molecule has 2 rings (SSSR count). The molecule has 0 saturated carbocycles.